The van der Waals surface area contributed by atoms with Crippen LogP contribution in [0.15, 0.2) is 47.2 Å². The average Bonchev–Trinajstić information content (AvgIpc) is 2.46. The van der Waals surface area contributed by atoms with Gasteiger partial charge >= 0.3 is 0 Å². The number of nitrogens with zero attached hydrogens (tertiary/aromatic N) is 2. The largest absolute Gasteiger partial charge is 0.367 e. The summed E-state index contributed by atoms with van der Waals surface area (Å²) in [5, 5.41) is 0. The standard InChI is InChI=1S/C15H15BrN2O/c1-2-18(10-12-5-7-17-8-6-12)14-4-3-13(11-19)15(16)9-14/h3-9,11H,2,10H2,1H3. The van der Waals surface area contributed by atoms with Gasteiger partial charge in [-0.05, 0) is 58.7 Å². The van der Waals surface area contributed by atoms with Gasteiger partial charge in [0.05, 0.1) is 0 Å². The van der Waals surface area contributed by atoms with Crippen molar-refractivity contribution in [2.75, 3.05) is 11.4 Å². The van der Waals surface area contributed by atoms with Gasteiger partial charge in [-0.25, -0.2) is 0 Å². The van der Waals surface area contributed by atoms with Gasteiger partial charge in [0, 0.05) is 41.2 Å². The van der Waals surface area contributed by atoms with Gasteiger partial charge in [0.1, 0.15) is 0 Å². The molecule has 0 aliphatic heterocycles. The van der Waals surface area contributed by atoms with Gasteiger partial charge in [0.25, 0.3) is 0 Å². The molecule has 4 heteroatoms. The van der Waals surface area contributed by atoms with E-state index >= 15 is 0 Å². The van der Waals surface area contributed by atoms with Crippen LogP contribution >= 0.6 is 15.9 Å². The zero-order valence-corrected chi connectivity index (χ0v) is 12.3. The first-order chi connectivity index (χ1) is 9.24. The van der Waals surface area contributed by atoms with E-state index in [1.807, 2.05) is 30.3 Å². The van der Waals surface area contributed by atoms with Crippen molar-refractivity contribution in [2.24, 2.45) is 0 Å². The topological polar surface area (TPSA) is 33.2 Å². The molecule has 0 aliphatic rings. The zero-order valence-electron chi connectivity index (χ0n) is 10.7. The van der Waals surface area contributed by atoms with Crippen molar-refractivity contribution in [1.29, 1.82) is 0 Å². The number of carbonyl (C=O) groups is 1. The van der Waals surface area contributed by atoms with E-state index in [4.69, 9.17) is 0 Å². The monoisotopic (exact) mass is 318 g/mol. The molecule has 2 rings (SSSR count). The predicted octanol–water partition coefficient (Wildman–Crippen LogP) is 3.68. The second kappa shape index (κ2) is 6.48. The van der Waals surface area contributed by atoms with E-state index in [9.17, 15) is 4.79 Å². The number of benzene rings is 1. The van der Waals surface area contributed by atoms with Crippen LogP contribution in [0.3, 0.4) is 0 Å². The minimum Gasteiger partial charge on any atom is -0.367 e. The van der Waals surface area contributed by atoms with Crippen molar-refractivity contribution in [1.82, 2.24) is 4.98 Å². The predicted molar refractivity (Wildman–Crippen MR) is 80.5 cm³/mol. The molecule has 0 saturated carbocycles. The molecule has 0 amide bonds. The third kappa shape index (κ3) is 3.41. The van der Waals surface area contributed by atoms with E-state index < -0.39 is 0 Å². The molecule has 0 saturated heterocycles. The number of aromatic nitrogens is 1. The Kier molecular flexibility index (Phi) is 4.68. The second-order valence-electron chi connectivity index (χ2n) is 4.19. The van der Waals surface area contributed by atoms with E-state index in [1.165, 1.54) is 5.56 Å². The van der Waals surface area contributed by atoms with Crippen LogP contribution in [0, 0.1) is 0 Å². The van der Waals surface area contributed by atoms with Crippen molar-refractivity contribution in [3.63, 3.8) is 0 Å². The molecule has 3 nitrogen and oxygen atoms in total. The molecule has 0 N–H and O–H groups in total. The van der Waals surface area contributed by atoms with Crippen LogP contribution in [0.4, 0.5) is 5.69 Å². The summed E-state index contributed by atoms with van der Waals surface area (Å²) in [6.45, 7) is 3.84. The number of carbonyl (C=O) groups excluding carboxylic acids is 1. The lowest BCUT2D eigenvalue weighted by atomic mass is 10.2. The van der Waals surface area contributed by atoms with Crippen LogP contribution in [0.2, 0.25) is 0 Å². The first kappa shape index (κ1) is 13.7. The summed E-state index contributed by atoms with van der Waals surface area (Å²) in [6.07, 6.45) is 4.45. The molecule has 0 fully saturated rings. The fourth-order valence-corrected chi connectivity index (χ4v) is 2.36. The molecule has 1 aromatic heterocycles. The molecule has 0 bridgehead atoms. The summed E-state index contributed by atoms with van der Waals surface area (Å²) in [5.74, 6) is 0. The van der Waals surface area contributed by atoms with Crippen molar-refractivity contribution in [3.8, 4) is 0 Å². The lowest BCUT2D eigenvalue weighted by molar-refractivity contribution is 0.112. The Bertz CT molecular complexity index is 557. The SMILES string of the molecule is CCN(Cc1ccncc1)c1ccc(C=O)c(Br)c1. The first-order valence-corrected chi connectivity index (χ1v) is 6.92. The molecule has 0 radical (unpaired) electrons. The van der Waals surface area contributed by atoms with Crippen LogP contribution in [-0.4, -0.2) is 17.8 Å². The van der Waals surface area contributed by atoms with E-state index in [-0.39, 0.29) is 0 Å². The Morgan fingerprint density at radius 3 is 2.58 bits per heavy atom. The summed E-state index contributed by atoms with van der Waals surface area (Å²) < 4.78 is 0.827. The maximum atomic E-state index is 10.8. The van der Waals surface area contributed by atoms with Crippen LogP contribution < -0.4 is 4.90 Å². The van der Waals surface area contributed by atoms with E-state index in [2.05, 4.69) is 32.7 Å². The number of hydrogen-bond donors (Lipinski definition) is 0. The number of halogens is 1. The van der Waals surface area contributed by atoms with Crippen molar-refractivity contribution in [3.05, 3.63) is 58.3 Å². The van der Waals surface area contributed by atoms with Gasteiger partial charge in [-0.3, -0.25) is 9.78 Å². The smallest absolute Gasteiger partial charge is 0.151 e. The highest BCUT2D eigenvalue weighted by molar-refractivity contribution is 9.10. The van der Waals surface area contributed by atoms with Crippen LogP contribution in [0.1, 0.15) is 22.8 Å². The van der Waals surface area contributed by atoms with Gasteiger partial charge < -0.3 is 4.90 Å². The molecule has 1 heterocycles. The Hall–Kier alpha value is -1.68. The van der Waals surface area contributed by atoms with E-state index in [0.29, 0.717) is 5.56 Å². The fraction of sp³-hybridized carbons (Fsp3) is 0.200. The van der Waals surface area contributed by atoms with Crippen LogP contribution in [0.25, 0.3) is 0 Å². The highest BCUT2D eigenvalue weighted by Crippen LogP contribution is 2.24. The summed E-state index contributed by atoms with van der Waals surface area (Å²) in [6, 6.07) is 9.81. The third-order valence-corrected chi connectivity index (χ3v) is 3.67. The van der Waals surface area contributed by atoms with Gasteiger partial charge in [0.2, 0.25) is 0 Å². The summed E-state index contributed by atoms with van der Waals surface area (Å²) in [7, 11) is 0. The number of hydrogen-bond acceptors (Lipinski definition) is 3. The molecule has 98 valence electrons. The summed E-state index contributed by atoms with van der Waals surface area (Å²) in [5.41, 5.74) is 2.98. The Morgan fingerprint density at radius 2 is 2.00 bits per heavy atom. The molecule has 0 aliphatic carbocycles. The number of rotatable bonds is 5. The van der Waals surface area contributed by atoms with Crippen molar-refractivity contribution < 1.29 is 4.79 Å². The maximum absolute atomic E-state index is 10.8. The zero-order chi connectivity index (χ0) is 13.7. The molecule has 0 spiro atoms. The lowest BCUT2D eigenvalue weighted by Crippen LogP contribution is -2.22. The minimum absolute atomic E-state index is 0.670. The maximum Gasteiger partial charge on any atom is 0.151 e. The molecule has 0 atom stereocenters. The average molecular weight is 319 g/mol. The quantitative estimate of drug-likeness (QED) is 0.788. The number of aldehydes is 1. The van der Waals surface area contributed by atoms with Gasteiger partial charge in [-0.2, -0.15) is 0 Å². The minimum atomic E-state index is 0.670. The molecular weight excluding hydrogens is 304 g/mol. The van der Waals surface area contributed by atoms with E-state index in [0.717, 1.165) is 29.5 Å². The first-order valence-electron chi connectivity index (χ1n) is 6.13. The number of pyridine rings is 1. The molecule has 0 unspecified atom stereocenters. The van der Waals surface area contributed by atoms with Crippen LogP contribution in [0.5, 0.6) is 0 Å². The third-order valence-electron chi connectivity index (χ3n) is 2.98. The molecular formula is C15H15BrN2O. The molecule has 2 aromatic rings. The normalized spacial score (nSPS) is 10.2. The Balaban J connectivity index is 2.22. The fourth-order valence-electron chi connectivity index (χ4n) is 1.90. The highest BCUT2D eigenvalue weighted by Gasteiger charge is 2.07. The molecule has 19 heavy (non-hydrogen) atoms. The highest BCUT2D eigenvalue weighted by atomic mass is 79.9. The van der Waals surface area contributed by atoms with Gasteiger partial charge in [-0.15, -0.1) is 0 Å². The lowest BCUT2D eigenvalue weighted by Gasteiger charge is -2.23. The van der Waals surface area contributed by atoms with Gasteiger partial charge in [-0.1, -0.05) is 0 Å². The number of anilines is 1. The Morgan fingerprint density at radius 1 is 1.26 bits per heavy atom. The van der Waals surface area contributed by atoms with Crippen molar-refractivity contribution >= 4 is 27.9 Å². The summed E-state index contributed by atoms with van der Waals surface area (Å²) in [4.78, 5) is 17.1. The second-order valence-corrected chi connectivity index (χ2v) is 5.05. The Labute approximate surface area is 121 Å². The summed E-state index contributed by atoms with van der Waals surface area (Å²) >= 11 is 3.42. The van der Waals surface area contributed by atoms with Gasteiger partial charge in [0.15, 0.2) is 6.29 Å². The van der Waals surface area contributed by atoms with Crippen LogP contribution in [-0.2, 0) is 6.54 Å². The molecule has 1 aromatic carbocycles. The van der Waals surface area contributed by atoms with E-state index in [1.54, 1.807) is 12.4 Å². The van der Waals surface area contributed by atoms with Crippen molar-refractivity contribution in [2.45, 2.75) is 13.5 Å².